The quantitative estimate of drug-likeness (QED) is 0.820. The number of ether oxygens (including phenoxy) is 1. The number of nitrogens with zero attached hydrogens (tertiary/aromatic N) is 3. The van der Waals surface area contributed by atoms with Crippen molar-refractivity contribution >= 4 is 5.97 Å². The van der Waals surface area contributed by atoms with Gasteiger partial charge in [0.05, 0.1) is 26.2 Å². The summed E-state index contributed by atoms with van der Waals surface area (Å²) in [7, 11) is 0. The Morgan fingerprint density at radius 3 is 2.83 bits per heavy atom. The molecule has 100 valence electrons. The van der Waals surface area contributed by atoms with Crippen LogP contribution in [0.4, 0.5) is 0 Å². The second kappa shape index (κ2) is 5.97. The van der Waals surface area contributed by atoms with Gasteiger partial charge in [-0.25, -0.2) is 4.98 Å². The molecule has 0 amide bonds. The van der Waals surface area contributed by atoms with E-state index in [1.165, 1.54) is 0 Å². The molecular formula is C12H19N3O3. The average molecular weight is 253 g/mol. The van der Waals surface area contributed by atoms with Gasteiger partial charge in [-0.3, -0.25) is 9.69 Å². The van der Waals surface area contributed by atoms with Crippen molar-refractivity contribution in [3.8, 4) is 0 Å². The Kier molecular flexibility index (Phi) is 4.33. The molecule has 18 heavy (non-hydrogen) atoms. The number of morpholine rings is 1. The zero-order valence-corrected chi connectivity index (χ0v) is 10.6. The number of imidazole rings is 1. The number of carboxylic acids is 1. The molecule has 0 spiro atoms. The van der Waals surface area contributed by atoms with Gasteiger partial charge in [-0.1, -0.05) is 0 Å². The van der Waals surface area contributed by atoms with Crippen LogP contribution in [0.3, 0.4) is 0 Å². The molecule has 0 radical (unpaired) electrons. The van der Waals surface area contributed by atoms with Gasteiger partial charge in [-0.05, 0) is 6.92 Å². The monoisotopic (exact) mass is 253 g/mol. The Labute approximate surface area is 106 Å². The number of hydrogen-bond donors (Lipinski definition) is 1. The van der Waals surface area contributed by atoms with Crippen LogP contribution in [0.1, 0.15) is 18.4 Å². The van der Waals surface area contributed by atoms with Crippen molar-refractivity contribution in [3.05, 3.63) is 17.7 Å². The van der Waals surface area contributed by atoms with E-state index in [2.05, 4.69) is 9.88 Å². The predicted molar refractivity (Wildman–Crippen MR) is 65.3 cm³/mol. The zero-order chi connectivity index (χ0) is 13.0. The lowest BCUT2D eigenvalue weighted by Crippen LogP contribution is -2.36. The Hall–Kier alpha value is -1.40. The lowest BCUT2D eigenvalue weighted by molar-refractivity contribution is -0.136. The van der Waals surface area contributed by atoms with Gasteiger partial charge in [-0.15, -0.1) is 0 Å². The lowest BCUT2D eigenvalue weighted by Gasteiger charge is -2.26. The van der Waals surface area contributed by atoms with Gasteiger partial charge < -0.3 is 14.4 Å². The summed E-state index contributed by atoms with van der Waals surface area (Å²) >= 11 is 0. The molecule has 1 fully saturated rings. The van der Waals surface area contributed by atoms with E-state index < -0.39 is 5.97 Å². The Balaban J connectivity index is 2.07. The smallest absolute Gasteiger partial charge is 0.309 e. The van der Waals surface area contributed by atoms with Crippen LogP contribution < -0.4 is 0 Å². The third kappa shape index (κ3) is 3.08. The third-order valence-corrected chi connectivity index (χ3v) is 3.14. The number of carboxylic acid groups (broad SMARTS) is 1. The highest BCUT2D eigenvalue weighted by Gasteiger charge is 2.16. The molecule has 0 bridgehead atoms. The summed E-state index contributed by atoms with van der Waals surface area (Å²) in [5.74, 6) is 0.123. The second-order valence-corrected chi connectivity index (χ2v) is 4.37. The van der Waals surface area contributed by atoms with E-state index in [1.807, 2.05) is 11.5 Å². The van der Waals surface area contributed by atoms with E-state index in [9.17, 15) is 4.79 Å². The summed E-state index contributed by atoms with van der Waals surface area (Å²) < 4.78 is 7.29. The maximum atomic E-state index is 10.8. The first-order valence-electron chi connectivity index (χ1n) is 6.26. The molecule has 0 aliphatic carbocycles. The minimum absolute atomic E-state index is 0.0317. The fourth-order valence-electron chi connectivity index (χ4n) is 2.22. The van der Waals surface area contributed by atoms with Crippen LogP contribution >= 0.6 is 0 Å². The molecule has 2 heterocycles. The van der Waals surface area contributed by atoms with Gasteiger partial charge in [0.25, 0.3) is 0 Å². The van der Waals surface area contributed by atoms with E-state index in [-0.39, 0.29) is 6.42 Å². The average Bonchev–Trinajstić information content (AvgIpc) is 2.72. The number of aromatic nitrogens is 2. The Morgan fingerprint density at radius 1 is 1.50 bits per heavy atom. The highest BCUT2D eigenvalue weighted by atomic mass is 16.5. The van der Waals surface area contributed by atoms with Crippen molar-refractivity contribution in [1.82, 2.24) is 14.5 Å². The molecule has 1 aromatic rings. The summed E-state index contributed by atoms with van der Waals surface area (Å²) in [6.07, 6.45) is 1.71. The number of rotatable bonds is 5. The molecule has 0 saturated carbocycles. The summed E-state index contributed by atoms with van der Waals surface area (Å²) in [5, 5.41) is 8.85. The maximum absolute atomic E-state index is 10.8. The molecule has 0 unspecified atom stereocenters. The third-order valence-electron chi connectivity index (χ3n) is 3.14. The van der Waals surface area contributed by atoms with E-state index in [1.54, 1.807) is 6.20 Å². The van der Waals surface area contributed by atoms with Crippen molar-refractivity contribution in [3.63, 3.8) is 0 Å². The molecule has 1 aliphatic heterocycles. The van der Waals surface area contributed by atoms with Crippen molar-refractivity contribution in [2.45, 2.75) is 26.4 Å². The molecular weight excluding hydrogens is 234 g/mol. The number of carbonyl (C=O) groups is 1. The summed E-state index contributed by atoms with van der Waals surface area (Å²) in [6.45, 7) is 6.86. The summed E-state index contributed by atoms with van der Waals surface area (Å²) in [5.41, 5.74) is 0.772. The highest BCUT2D eigenvalue weighted by molar-refractivity contribution is 5.69. The zero-order valence-electron chi connectivity index (χ0n) is 10.6. The standard InChI is InChI=1S/C12H19N3O3/c1-2-15-10(7-12(16)17)8-13-11(15)9-14-3-5-18-6-4-14/h8H,2-7,9H2,1H3,(H,16,17). The van der Waals surface area contributed by atoms with Gasteiger partial charge in [0.15, 0.2) is 0 Å². The molecule has 1 aliphatic rings. The first kappa shape index (κ1) is 13.0. The minimum atomic E-state index is -0.817. The SMILES string of the molecule is CCn1c(CC(=O)O)cnc1CN1CCOCC1. The van der Waals surface area contributed by atoms with Crippen LogP contribution in [-0.2, 0) is 29.0 Å². The summed E-state index contributed by atoms with van der Waals surface area (Å²) in [6, 6.07) is 0. The first-order chi connectivity index (χ1) is 8.70. The van der Waals surface area contributed by atoms with Crippen molar-refractivity contribution in [2.24, 2.45) is 0 Å². The first-order valence-corrected chi connectivity index (χ1v) is 6.26. The van der Waals surface area contributed by atoms with Crippen molar-refractivity contribution in [2.75, 3.05) is 26.3 Å². The van der Waals surface area contributed by atoms with Gasteiger partial charge >= 0.3 is 5.97 Å². The molecule has 1 saturated heterocycles. The summed E-state index contributed by atoms with van der Waals surface area (Å²) in [4.78, 5) is 17.4. The van der Waals surface area contributed by atoms with Crippen molar-refractivity contribution in [1.29, 1.82) is 0 Å². The minimum Gasteiger partial charge on any atom is -0.481 e. The fourth-order valence-corrected chi connectivity index (χ4v) is 2.22. The maximum Gasteiger partial charge on any atom is 0.309 e. The second-order valence-electron chi connectivity index (χ2n) is 4.37. The molecule has 2 rings (SSSR count). The van der Waals surface area contributed by atoms with E-state index in [0.717, 1.165) is 50.9 Å². The Morgan fingerprint density at radius 2 is 2.22 bits per heavy atom. The van der Waals surface area contributed by atoms with Crippen LogP contribution in [0.5, 0.6) is 0 Å². The van der Waals surface area contributed by atoms with Gasteiger partial charge in [0.1, 0.15) is 5.82 Å². The van der Waals surface area contributed by atoms with Crippen LogP contribution in [0, 0.1) is 0 Å². The predicted octanol–water partition coefficient (Wildman–Crippen LogP) is 0.362. The topological polar surface area (TPSA) is 67.6 Å². The van der Waals surface area contributed by atoms with Crippen LogP contribution in [0.25, 0.3) is 0 Å². The van der Waals surface area contributed by atoms with E-state index in [0.29, 0.717) is 0 Å². The highest BCUT2D eigenvalue weighted by Crippen LogP contribution is 2.10. The molecule has 0 aromatic carbocycles. The van der Waals surface area contributed by atoms with Gasteiger partial charge in [0, 0.05) is 31.5 Å². The number of hydrogen-bond acceptors (Lipinski definition) is 4. The van der Waals surface area contributed by atoms with Crippen LogP contribution in [0.2, 0.25) is 0 Å². The van der Waals surface area contributed by atoms with Gasteiger partial charge in [0.2, 0.25) is 0 Å². The Bertz CT molecular complexity index is 411. The van der Waals surface area contributed by atoms with Crippen molar-refractivity contribution < 1.29 is 14.6 Å². The van der Waals surface area contributed by atoms with Gasteiger partial charge in [-0.2, -0.15) is 0 Å². The van der Waals surface area contributed by atoms with Crippen LogP contribution in [-0.4, -0.2) is 51.8 Å². The molecule has 1 aromatic heterocycles. The van der Waals surface area contributed by atoms with E-state index in [4.69, 9.17) is 9.84 Å². The molecule has 1 N–H and O–H groups in total. The normalized spacial score (nSPS) is 16.9. The van der Waals surface area contributed by atoms with E-state index >= 15 is 0 Å². The molecule has 0 atom stereocenters. The largest absolute Gasteiger partial charge is 0.481 e. The lowest BCUT2D eigenvalue weighted by atomic mass is 10.3. The molecule has 6 heteroatoms. The number of aliphatic carboxylic acids is 1. The fraction of sp³-hybridized carbons (Fsp3) is 0.667. The van der Waals surface area contributed by atoms with Crippen LogP contribution in [0.15, 0.2) is 6.20 Å². The molecule has 6 nitrogen and oxygen atoms in total.